The van der Waals surface area contributed by atoms with Gasteiger partial charge in [0.15, 0.2) is 10.8 Å². The summed E-state index contributed by atoms with van der Waals surface area (Å²) in [7, 11) is -3.59. The van der Waals surface area contributed by atoms with Crippen molar-refractivity contribution >= 4 is 37.5 Å². The summed E-state index contributed by atoms with van der Waals surface area (Å²) in [5, 5.41) is 3.62. The lowest BCUT2D eigenvalue weighted by atomic mass is 10.1. The number of nitrogens with zero attached hydrogens (tertiary/aromatic N) is 2. The van der Waals surface area contributed by atoms with Crippen LogP contribution in [0.15, 0.2) is 63.9 Å². The zero-order valence-electron chi connectivity index (χ0n) is 18.1. The van der Waals surface area contributed by atoms with Crippen LogP contribution in [0.4, 0.5) is 0 Å². The van der Waals surface area contributed by atoms with Crippen LogP contribution in [0, 0.1) is 6.92 Å². The Morgan fingerprint density at radius 1 is 1.12 bits per heavy atom. The normalized spacial score (nSPS) is 14.7. The number of para-hydroxylation sites is 1. The highest BCUT2D eigenvalue weighted by atomic mass is 32.2. The molecule has 4 aromatic rings. The maximum absolute atomic E-state index is 12.9. The van der Waals surface area contributed by atoms with Crippen LogP contribution in [0.25, 0.3) is 21.0 Å². The Balaban J connectivity index is 1.30. The van der Waals surface area contributed by atoms with E-state index in [0.717, 1.165) is 28.1 Å². The number of aromatic nitrogens is 1. The third kappa shape index (κ3) is 4.31. The Kier molecular flexibility index (Phi) is 5.77. The van der Waals surface area contributed by atoms with Gasteiger partial charge in [0, 0.05) is 18.7 Å². The lowest BCUT2D eigenvalue weighted by molar-refractivity contribution is 0.0947. The third-order valence-electron chi connectivity index (χ3n) is 5.75. The van der Waals surface area contributed by atoms with Crippen molar-refractivity contribution in [1.29, 1.82) is 0 Å². The molecule has 0 spiro atoms. The third-order valence-corrected chi connectivity index (χ3v) is 8.69. The number of nitrogens with one attached hydrogen (secondary N) is 1. The Bertz CT molecular complexity index is 1400. The molecule has 0 saturated carbocycles. The minimum absolute atomic E-state index is 0.149. The summed E-state index contributed by atoms with van der Waals surface area (Å²) in [6.45, 7) is 3.02. The molecule has 170 valence electrons. The highest BCUT2D eigenvalue weighted by Crippen LogP contribution is 2.31. The molecule has 1 amide bonds. The average molecular weight is 482 g/mol. The highest BCUT2D eigenvalue weighted by molar-refractivity contribution is 7.89. The smallest absolute Gasteiger partial charge is 0.251 e. The molecule has 0 unspecified atom stereocenters. The molecule has 0 aliphatic carbocycles. The van der Waals surface area contributed by atoms with E-state index in [0.29, 0.717) is 35.7 Å². The monoisotopic (exact) mass is 481 g/mol. The van der Waals surface area contributed by atoms with Gasteiger partial charge in [-0.05, 0) is 61.7 Å². The number of rotatable bonds is 6. The molecule has 33 heavy (non-hydrogen) atoms. The van der Waals surface area contributed by atoms with E-state index in [1.807, 2.05) is 36.4 Å². The summed E-state index contributed by atoms with van der Waals surface area (Å²) in [4.78, 5) is 17.6. The van der Waals surface area contributed by atoms with Crippen molar-refractivity contribution < 1.29 is 17.6 Å². The van der Waals surface area contributed by atoms with Crippen molar-refractivity contribution in [2.45, 2.75) is 31.2 Å². The van der Waals surface area contributed by atoms with E-state index in [4.69, 9.17) is 4.42 Å². The molecule has 1 aliphatic rings. The van der Waals surface area contributed by atoms with Crippen LogP contribution in [0.1, 0.15) is 34.5 Å². The van der Waals surface area contributed by atoms with E-state index < -0.39 is 10.0 Å². The van der Waals surface area contributed by atoms with Crippen molar-refractivity contribution in [3.05, 3.63) is 71.5 Å². The zero-order valence-corrected chi connectivity index (χ0v) is 19.7. The Labute approximate surface area is 196 Å². The van der Waals surface area contributed by atoms with Gasteiger partial charge in [0.1, 0.15) is 5.76 Å². The van der Waals surface area contributed by atoms with E-state index in [2.05, 4.69) is 10.3 Å². The number of thiazole rings is 1. The molecule has 2 aromatic carbocycles. The minimum atomic E-state index is -3.59. The molecule has 1 saturated heterocycles. The summed E-state index contributed by atoms with van der Waals surface area (Å²) in [5.74, 6) is 0.898. The number of hydrogen-bond donors (Lipinski definition) is 1. The van der Waals surface area contributed by atoms with Gasteiger partial charge in [-0.15, -0.1) is 11.3 Å². The first kappa shape index (κ1) is 21.8. The fraction of sp³-hybridized carbons (Fsp3) is 0.250. The molecule has 1 fully saturated rings. The van der Waals surface area contributed by atoms with Crippen molar-refractivity contribution in [2.24, 2.45) is 0 Å². The second-order valence-corrected chi connectivity index (χ2v) is 11.0. The van der Waals surface area contributed by atoms with E-state index >= 15 is 0 Å². The largest absolute Gasteiger partial charge is 0.457 e. The van der Waals surface area contributed by atoms with Gasteiger partial charge in [0.25, 0.3) is 5.91 Å². The molecule has 3 heterocycles. The molecule has 9 heteroatoms. The van der Waals surface area contributed by atoms with Crippen molar-refractivity contribution in [3.63, 3.8) is 0 Å². The topological polar surface area (TPSA) is 92.5 Å². The van der Waals surface area contributed by atoms with Crippen molar-refractivity contribution in [1.82, 2.24) is 14.6 Å². The molecule has 2 aromatic heterocycles. The summed E-state index contributed by atoms with van der Waals surface area (Å²) in [5.41, 5.74) is 1.97. The highest BCUT2D eigenvalue weighted by Gasteiger charge is 2.28. The number of carbonyl (C=O) groups is 1. The van der Waals surface area contributed by atoms with E-state index in [9.17, 15) is 13.2 Å². The molecule has 1 aliphatic heterocycles. The SMILES string of the molecule is Cc1ccc(S(=O)(=O)N2CCCC2)cc1C(=O)NCc1ccc(-c2nc3ccccc3s2)o1. The lowest BCUT2D eigenvalue weighted by Crippen LogP contribution is -2.29. The van der Waals surface area contributed by atoms with Gasteiger partial charge in [-0.2, -0.15) is 4.31 Å². The first-order chi connectivity index (χ1) is 15.9. The Hall–Kier alpha value is -3.01. The van der Waals surface area contributed by atoms with E-state index in [-0.39, 0.29) is 17.3 Å². The van der Waals surface area contributed by atoms with E-state index in [1.54, 1.807) is 30.4 Å². The molecular weight excluding hydrogens is 458 g/mol. The quantitative estimate of drug-likeness (QED) is 0.435. The number of amides is 1. The van der Waals surface area contributed by atoms with Crippen LogP contribution >= 0.6 is 11.3 Å². The molecule has 0 atom stereocenters. The number of fused-ring (bicyclic) bond motifs is 1. The average Bonchev–Trinajstić information content (AvgIpc) is 3.58. The predicted octanol–water partition coefficient (Wildman–Crippen LogP) is 4.58. The van der Waals surface area contributed by atoms with Gasteiger partial charge in [0.05, 0.1) is 21.7 Å². The minimum Gasteiger partial charge on any atom is -0.457 e. The summed E-state index contributed by atoms with van der Waals surface area (Å²) in [6, 6.07) is 16.2. The van der Waals surface area contributed by atoms with Crippen LogP contribution in [-0.4, -0.2) is 36.7 Å². The number of furan rings is 1. The Morgan fingerprint density at radius 3 is 2.70 bits per heavy atom. The van der Waals surface area contributed by atoms with Crippen LogP contribution in [0.5, 0.6) is 0 Å². The van der Waals surface area contributed by atoms with Crippen molar-refractivity contribution in [3.8, 4) is 10.8 Å². The fourth-order valence-corrected chi connectivity index (χ4v) is 6.38. The van der Waals surface area contributed by atoms with Gasteiger partial charge in [0.2, 0.25) is 10.0 Å². The maximum Gasteiger partial charge on any atom is 0.251 e. The fourth-order valence-electron chi connectivity index (χ4n) is 3.91. The van der Waals surface area contributed by atoms with E-state index in [1.165, 1.54) is 10.4 Å². The number of carbonyl (C=O) groups excluding carboxylic acids is 1. The summed E-state index contributed by atoms with van der Waals surface area (Å²) >= 11 is 1.55. The van der Waals surface area contributed by atoms with Gasteiger partial charge >= 0.3 is 0 Å². The lowest BCUT2D eigenvalue weighted by Gasteiger charge is -2.16. The number of benzene rings is 2. The zero-order chi connectivity index (χ0) is 23.0. The number of sulfonamides is 1. The van der Waals surface area contributed by atoms with Gasteiger partial charge in [-0.25, -0.2) is 13.4 Å². The number of hydrogen-bond acceptors (Lipinski definition) is 6. The van der Waals surface area contributed by atoms with Crippen LogP contribution in [0.3, 0.4) is 0 Å². The van der Waals surface area contributed by atoms with Gasteiger partial charge in [-0.1, -0.05) is 18.2 Å². The standard InChI is InChI=1S/C24H23N3O4S2/c1-16-8-10-18(33(29,30)27-12-4-5-13-27)14-19(16)23(28)25-15-17-9-11-21(31-17)24-26-20-6-2-3-7-22(20)32-24/h2-3,6-11,14H,4-5,12-13,15H2,1H3,(H,25,28). The summed E-state index contributed by atoms with van der Waals surface area (Å²) < 4.78 is 34.2. The number of aryl methyl sites for hydroxylation is 1. The molecule has 7 nitrogen and oxygen atoms in total. The maximum atomic E-state index is 12.9. The summed E-state index contributed by atoms with van der Waals surface area (Å²) in [6.07, 6.45) is 1.72. The first-order valence-electron chi connectivity index (χ1n) is 10.8. The second kappa shape index (κ2) is 8.74. The van der Waals surface area contributed by atoms with Crippen LogP contribution in [-0.2, 0) is 16.6 Å². The molecular formula is C24H23N3O4S2. The van der Waals surface area contributed by atoms with Gasteiger partial charge < -0.3 is 9.73 Å². The predicted molar refractivity (Wildman–Crippen MR) is 128 cm³/mol. The molecule has 1 N–H and O–H groups in total. The molecule has 5 rings (SSSR count). The molecule has 0 bridgehead atoms. The van der Waals surface area contributed by atoms with Crippen LogP contribution in [0.2, 0.25) is 0 Å². The Morgan fingerprint density at radius 2 is 1.91 bits per heavy atom. The molecule has 0 radical (unpaired) electrons. The first-order valence-corrected chi connectivity index (χ1v) is 13.0. The van der Waals surface area contributed by atoms with Crippen LogP contribution < -0.4 is 5.32 Å². The second-order valence-electron chi connectivity index (χ2n) is 8.02. The van der Waals surface area contributed by atoms with Crippen molar-refractivity contribution in [2.75, 3.05) is 13.1 Å². The van der Waals surface area contributed by atoms with Gasteiger partial charge in [-0.3, -0.25) is 4.79 Å².